The van der Waals surface area contributed by atoms with Crippen LogP contribution in [0.15, 0.2) is 24.3 Å². The molecular formula is C15H25NO. The van der Waals surface area contributed by atoms with Crippen molar-refractivity contribution < 1.29 is 5.11 Å². The molecule has 0 fully saturated rings. The van der Waals surface area contributed by atoms with E-state index in [1.54, 1.807) is 0 Å². The molecule has 0 aliphatic carbocycles. The summed E-state index contributed by atoms with van der Waals surface area (Å²) in [4.78, 5) is 0. The van der Waals surface area contributed by atoms with Crippen molar-refractivity contribution in [3.8, 4) is 0 Å². The summed E-state index contributed by atoms with van der Waals surface area (Å²) < 4.78 is 0. The van der Waals surface area contributed by atoms with Gasteiger partial charge < -0.3 is 10.4 Å². The van der Waals surface area contributed by atoms with Crippen molar-refractivity contribution in [3.63, 3.8) is 0 Å². The quantitative estimate of drug-likeness (QED) is 0.761. The minimum Gasteiger partial charge on any atom is -0.396 e. The van der Waals surface area contributed by atoms with Crippen LogP contribution in [0.1, 0.15) is 38.3 Å². The van der Waals surface area contributed by atoms with Gasteiger partial charge in [0.15, 0.2) is 0 Å². The van der Waals surface area contributed by atoms with Crippen LogP contribution in [-0.2, 0) is 13.0 Å². The fraction of sp³-hybridized carbons (Fsp3) is 0.600. The van der Waals surface area contributed by atoms with Gasteiger partial charge in [-0.3, -0.25) is 0 Å². The normalized spacial score (nSPS) is 14.6. The smallest absolute Gasteiger partial charge is 0.0496 e. The summed E-state index contributed by atoms with van der Waals surface area (Å²) in [6.07, 6.45) is 2.06. The molecule has 2 nitrogen and oxygen atoms in total. The molecule has 96 valence electrons. The second kappa shape index (κ2) is 6.77. The highest BCUT2D eigenvalue weighted by Gasteiger charge is 2.20. The Balaban J connectivity index is 2.51. The average molecular weight is 235 g/mol. The zero-order valence-corrected chi connectivity index (χ0v) is 11.3. The maximum Gasteiger partial charge on any atom is 0.0496 e. The van der Waals surface area contributed by atoms with Crippen LogP contribution in [0, 0.1) is 5.41 Å². The molecule has 1 rings (SSSR count). The first-order chi connectivity index (χ1) is 8.15. The standard InChI is InChI=1S/C15H25NO/c1-4-13-8-6-7-9-14(13)10-16-11-15(3,5-2)12-17/h6-9,16-17H,4-5,10-12H2,1-3H3. The number of benzene rings is 1. The Hall–Kier alpha value is -0.860. The lowest BCUT2D eigenvalue weighted by Crippen LogP contribution is -2.34. The van der Waals surface area contributed by atoms with Crippen molar-refractivity contribution in [2.45, 2.75) is 40.2 Å². The summed E-state index contributed by atoms with van der Waals surface area (Å²) in [5, 5.41) is 12.8. The molecule has 1 aromatic carbocycles. The van der Waals surface area contributed by atoms with E-state index in [9.17, 15) is 5.11 Å². The lowest BCUT2D eigenvalue weighted by Gasteiger charge is -2.26. The third kappa shape index (κ3) is 4.14. The molecule has 0 bridgehead atoms. The first kappa shape index (κ1) is 14.2. The van der Waals surface area contributed by atoms with Crippen molar-refractivity contribution in [3.05, 3.63) is 35.4 Å². The molecule has 0 heterocycles. The fourth-order valence-electron chi connectivity index (χ4n) is 1.87. The van der Waals surface area contributed by atoms with Crippen molar-refractivity contribution in [1.29, 1.82) is 0 Å². The van der Waals surface area contributed by atoms with Gasteiger partial charge in [0.1, 0.15) is 0 Å². The molecule has 0 saturated carbocycles. The van der Waals surface area contributed by atoms with Gasteiger partial charge in [0, 0.05) is 25.1 Å². The van der Waals surface area contributed by atoms with Crippen molar-refractivity contribution in [1.82, 2.24) is 5.32 Å². The van der Waals surface area contributed by atoms with Gasteiger partial charge in [0.2, 0.25) is 0 Å². The minimum atomic E-state index is 0.00115. The van der Waals surface area contributed by atoms with Gasteiger partial charge in [-0.05, 0) is 24.0 Å². The first-order valence-electron chi connectivity index (χ1n) is 6.53. The Morgan fingerprint density at radius 2 is 1.82 bits per heavy atom. The summed E-state index contributed by atoms with van der Waals surface area (Å²) in [5.41, 5.74) is 2.77. The van der Waals surface area contributed by atoms with E-state index in [1.165, 1.54) is 11.1 Å². The second-order valence-corrected chi connectivity index (χ2v) is 5.05. The monoisotopic (exact) mass is 235 g/mol. The van der Waals surface area contributed by atoms with Gasteiger partial charge in [-0.2, -0.15) is 0 Å². The molecule has 0 radical (unpaired) electrons. The molecule has 1 unspecified atom stereocenters. The van der Waals surface area contributed by atoms with Gasteiger partial charge in [-0.1, -0.05) is 45.0 Å². The van der Waals surface area contributed by atoms with E-state index in [2.05, 4.69) is 50.4 Å². The second-order valence-electron chi connectivity index (χ2n) is 5.05. The molecule has 0 aliphatic heterocycles. The third-order valence-corrected chi connectivity index (χ3v) is 3.60. The third-order valence-electron chi connectivity index (χ3n) is 3.60. The van der Waals surface area contributed by atoms with Crippen LogP contribution in [0.25, 0.3) is 0 Å². The average Bonchev–Trinajstić information content (AvgIpc) is 2.39. The molecule has 1 atom stereocenters. The van der Waals surface area contributed by atoms with Crippen LogP contribution >= 0.6 is 0 Å². The molecule has 2 heteroatoms. The van der Waals surface area contributed by atoms with Gasteiger partial charge in [-0.15, -0.1) is 0 Å². The lowest BCUT2D eigenvalue weighted by atomic mass is 9.88. The molecule has 0 saturated heterocycles. The largest absolute Gasteiger partial charge is 0.396 e. The lowest BCUT2D eigenvalue weighted by molar-refractivity contribution is 0.135. The van der Waals surface area contributed by atoms with E-state index in [0.717, 1.165) is 25.9 Å². The molecule has 2 N–H and O–H groups in total. The van der Waals surface area contributed by atoms with Crippen LogP contribution in [0.2, 0.25) is 0 Å². The van der Waals surface area contributed by atoms with Crippen LogP contribution < -0.4 is 5.32 Å². The van der Waals surface area contributed by atoms with E-state index < -0.39 is 0 Å². The Labute approximate surface area is 105 Å². The minimum absolute atomic E-state index is 0.00115. The van der Waals surface area contributed by atoms with Gasteiger partial charge in [0.25, 0.3) is 0 Å². The van der Waals surface area contributed by atoms with E-state index in [1.807, 2.05) is 0 Å². The summed E-state index contributed by atoms with van der Waals surface area (Å²) in [5.74, 6) is 0. The van der Waals surface area contributed by atoms with Gasteiger partial charge >= 0.3 is 0 Å². The number of nitrogens with one attached hydrogen (secondary N) is 1. The molecule has 0 aromatic heterocycles. The number of hydrogen-bond acceptors (Lipinski definition) is 2. The van der Waals surface area contributed by atoms with E-state index in [4.69, 9.17) is 0 Å². The van der Waals surface area contributed by atoms with E-state index in [0.29, 0.717) is 0 Å². The number of aryl methyl sites for hydroxylation is 1. The highest BCUT2D eigenvalue weighted by Crippen LogP contribution is 2.18. The predicted molar refractivity (Wildman–Crippen MR) is 73.0 cm³/mol. The van der Waals surface area contributed by atoms with Crippen LogP contribution in [0.5, 0.6) is 0 Å². The van der Waals surface area contributed by atoms with Gasteiger partial charge in [-0.25, -0.2) is 0 Å². The van der Waals surface area contributed by atoms with Crippen molar-refractivity contribution >= 4 is 0 Å². The molecular weight excluding hydrogens is 210 g/mol. The number of hydrogen-bond donors (Lipinski definition) is 2. The maximum absolute atomic E-state index is 9.34. The zero-order valence-electron chi connectivity index (χ0n) is 11.3. The number of aliphatic hydroxyl groups excluding tert-OH is 1. The van der Waals surface area contributed by atoms with Crippen molar-refractivity contribution in [2.75, 3.05) is 13.2 Å². The van der Waals surface area contributed by atoms with Gasteiger partial charge in [0.05, 0.1) is 0 Å². The molecule has 17 heavy (non-hydrogen) atoms. The Morgan fingerprint density at radius 3 is 2.35 bits per heavy atom. The summed E-state index contributed by atoms with van der Waals surface area (Å²) in [6.45, 7) is 8.41. The SMILES string of the molecule is CCc1ccccc1CNCC(C)(CC)CO. The first-order valence-corrected chi connectivity index (χ1v) is 6.53. The van der Waals surface area contributed by atoms with E-state index >= 15 is 0 Å². The molecule has 0 amide bonds. The zero-order chi connectivity index (χ0) is 12.7. The highest BCUT2D eigenvalue weighted by atomic mass is 16.3. The van der Waals surface area contributed by atoms with E-state index in [-0.39, 0.29) is 12.0 Å². The summed E-state index contributed by atoms with van der Waals surface area (Å²) >= 11 is 0. The number of aliphatic hydroxyl groups is 1. The van der Waals surface area contributed by atoms with Crippen LogP contribution in [0.3, 0.4) is 0 Å². The Kier molecular flexibility index (Phi) is 5.66. The highest BCUT2D eigenvalue weighted by molar-refractivity contribution is 5.26. The Morgan fingerprint density at radius 1 is 1.18 bits per heavy atom. The molecule has 0 spiro atoms. The summed E-state index contributed by atoms with van der Waals surface area (Å²) in [6, 6.07) is 8.53. The number of rotatable bonds is 7. The topological polar surface area (TPSA) is 32.3 Å². The molecule has 0 aliphatic rings. The predicted octanol–water partition coefficient (Wildman–Crippen LogP) is 2.75. The van der Waals surface area contributed by atoms with Crippen molar-refractivity contribution in [2.24, 2.45) is 5.41 Å². The summed E-state index contributed by atoms with van der Waals surface area (Å²) in [7, 11) is 0. The Bertz CT molecular complexity index is 331. The van der Waals surface area contributed by atoms with Crippen LogP contribution in [0.4, 0.5) is 0 Å². The maximum atomic E-state index is 9.34. The molecule has 1 aromatic rings. The van der Waals surface area contributed by atoms with Crippen LogP contribution in [-0.4, -0.2) is 18.3 Å². The fourth-order valence-corrected chi connectivity index (χ4v) is 1.87.